The summed E-state index contributed by atoms with van der Waals surface area (Å²) >= 11 is 3.44. The van der Waals surface area contributed by atoms with Crippen molar-refractivity contribution in [2.24, 2.45) is 0 Å². The third kappa shape index (κ3) is 2.72. The number of carbonyl (C=O) groups excluding carboxylic acids is 1. The first-order valence-corrected chi connectivity index (χ1v) is 7.84. The monoisotopic (exact) mass is 348 g/mol. The molecular formula is C15H17BrN4O. The van der Waals surface area contributed by atoms with Crippen molar-refractivity contribution in [2.45, 2.75) is 39.3 Å². The van der Waals surface area contributed by atoms with Gasteiger partial charge in [-0.15, -0.1) is 10.2 Å². The van der Waals surface area contributed by atoms with Gasteiger partial charge in [0.05, 0.1) is 6.04 Å². The lowest BCUT2D eigenvalue weighted by Crippen LogP contribution is -2.28. The molecule has 21 heavy (non-hydrogen) atoms. The molecule has 3 rings (SSSR count). The van der Waals surface area contributed by atoms with Crippen LogP contribution >= 0.6 is 15.9 Å². The fraction of sp³-hybridized carbons (Fsp3) is 0.400. The lowest BCUT2D eigenvalue weighted by atomic mass is 10.1. The van der Waals surface area contributed by atoms with Crippen molar-refractivity contribution in [2.75, 3.05) is 0 Å². The summed E-state index contributed by atoms with van der Waals surface area (Å²) in [5.41, 5.74) is 1.70. The van der Waals surface area contributed by atoms with E-state index < -0.39 is 0 Å². The van der Waals surface area contributed by atoms with Crippen LogP contribution in [0.15, 0.2) is 22.7 Å². The maximum Gasteiger partial charge on any atom is 0.251 e. The van der Waals surface area contributed by atoms with E-state index in [1.807, 2.05) is 32.0 Å². The Hall–Kier alpha value is -1.69. The second-order valence-corrected chi connectivity index (χ2v) is 6.24. The Kier molecular flexibility index (Phi) is 3.80. The zero-order valence-corrected chi connectivity index (χ0v) is 13.6. The molecule has 0 fully saturated rings. The van der Waals surface area contributed by atoms with Crippen LogP contribution in [0.1, 0.15) is 47.0 Å². The molecule has 0 saturated carbocycles. The molecule has 0 spiro atoms. The largest absolute Gasteiger partial charge is 0.342 e. The first-order valence-electron chi connectivity index (χ1n) is 7.05. The van der Waals surface area contributed by atoms with E-state index in [9.17, 15) is 4.79 Å². The van der Waals surface area contributed by atoms with Crippen molar-refractivity contribution in [3.63, 3.8) is 0 Å². The van der Waals surface area contributed by atoms with Gasteiger partial charge >= 0.3 is 0 Å². The first kappa shape index (κ1) is 14.3. The van der Waals surface area contributed by atoms with Gasteiger partial charge in [0, 0.05) is 23.0 Å². The van der Waals surface area contributed by atoms with E-state index in [-0.39, 0.29) is 11.9 Å². The number of aromatic nitrogens is 3. The van der Waals surface area contributed by atoms with Crippen LogP contribution in [0.5, 0.6) is 0 Å². The molecule has 110 valence electrons. The lowest BCUT2D eigenvalue weighted by molar-refractivity contribution is 0.0937. The summed E-state index contributed by atoms with van der Waals surface area (Å²) in [6, 6.07) is 5.43. The van der Waals surface area contributed by atoms with E-state index in [4.69, 9.17) is 0 Å². The average Bonchev–Trinajstić information content (AvgIpc) is 3.04. The summed E-state index contributed by atoms with van der Waals surface area (Å²) in [5.74, 6) is 1.77. The van der Waals surface area contributed by atoms with Gasteiger partial charge in [0.2, 0.25) is 0 Å². The van der Waals surface area contributed by atoms with Crippen molar-refractivity contribution in [1.82, 2.24) is 20.1 Å². The molecule has 0 saturated heterocycles. The standard InChI is InChI=1S/C15H17BrN4O/c1-9-8-11(5-6-12(9)16)15(21)17-10(2)14-19-18-13-4-3-7-20(13)14/h5-6,8,10H,3-4,7H2,1-2H3,(H,17,21). The van der Waals surface area contributed by atoms with Gasteiger partial charge in [0.15, 0.2) is 5.82 Å². The van der Waals surface area contributed by atoms with Crippen LogP contribution in [-0.4, -0.2) is 20.7 Å². The summed E-state index contributed by atoms with van der Waals surface area (Å²) < 4.78 is 3.11. The molecule has 1 aliphatic heterocycles. The Bertz CT molecular complexity index is 695. The number of aryl methyl sites for hydroxylation is 2. The number of carbonyl (C=O) groups is 1. The summed E-state index contributed by atoms with van der Waals surface area (Å²) in [6.45, 7) is 4.85. The molecule has 0 aliphatic carbocycles. The van der Waals surface area contributed by atoms with E-state index in [0.29, 0.717) is 5.56 Å². The fourth-order valence-electron chi connectivity index (χ4n) is 2.62. The number of hydrogen-bond acceptors (Lipinski definition) is 3. The van der Waals surface area contributed by atoms with Gasteiger partial charge in [-0.05, 0) is 44.0 Å². The average molecular weight is 349 g/mol. The number of rotatable bonds is 3. The fourth-order valence-corrected chi connectivity index (χ4v) is 2.87. The highest BCUT2D eigenvalue weighted by Crippen LogP contribution is 2.20. The van der Waals surface area contributed by atoms with Crippen LogP contribution in [0.25, 0.3) is 0 Å². The van der Waals surface area contributed by atoms with E-state index in [2.05, 4.69) is 36.0 Å². The van der Waals surface area contributed by atoms with Crippen LogP contribution in [0.2, 0.25) is 0 Å². The first-order chi connectivity index (χ1) is 10.1. The number of benzene rings is 1. The second kappa shape index (κ2) is 5.60. The molecule has 5 nitrogen and oxygen atoms in total. The van der Waals surface area contributed by atoms with Gasteiger partial charge < -0.3 is 9.88 Å². The number of amides is 1. The van der Waals surface area contributed by atoms with Crippen LogP contribution < -0.4 is 5.32 Å². The topological polar surface area (TPSA) is 59.8 Å². The minimum Gasteiger partial charge on any atom is -0.342 e. The van der Waals surface area contributed by atoms with E-state index >= 15 is 0 Å². The minimum absolute atomic E-state index is 0.0894. The van der Waals surface area contributed by atoms with Crippen LogP contribution in [0, 0.1) is 6.92 Å². The zero-order chi connectivity index (χ0) is 15.0. The molecule has 1 N–H and O–H groups in total. The summed E-state index contributed by atoms with van der Waals surface area (Å²) in [4.78, 5) is 12.3. The molecule has 1 unspecified atom stereocenters. The van der Waals surface area contributed by atoms with Gasteiger partial charge in [0.1, 0.15) is 5.82 Å². The second-order valence-electron chi connectivity index (χ2n) is 5.39. The van der Waals surface area contributed by atoms with Crippen molar-refractivity contribution in [3.05, 3.63) is 45.4 Å². The third-order valence-electron chi connectivity index (χ3n) is 3.79. The van der Waals surface area contributed by atoms with Gasteiger partial charge in [-0.25, -0.2) is 0 Å². The Morgan fingerprint density at radius 1 is 1.43 bits per heavy atom. The van der Waals surface area contributed by atoms with Crippen LogP contribution in [0.4, 0.5) is 0 Å². The SMILES string of the molecule is Cc1cc(C(=O)NC(C)c2nnc3n2CCC3)ccc1Br. The van der Waals surface area contributed by atoms with Crippen molar-refractivity contribution < 1.29 is 4.79 Å². The summed E-state index contributed by atoms with van der Waals surface area (Å²) in [7, 11) is 0. The van der Waals surface area contributed by atoms with Gasteiger partial charge in [-0.2, -0.15) is 0 Å². The highest BCUT2D eigenvalue weighted by atomic mass is 79.9. The molecule has 2 heterocycles. The zero-order valence-electron chi connectivity index (χ0n) is 12.1. The molecule has 0 bridgehead atoms. The Balaban J connectivity index is 1.76. The predicted molar refractivity (Wildman–Crippen MR) is 83.1 cm³/mol. The minimum atomic E-state index is -0.152. The maximum atomic E-state index is 12.3. The number of halogens is 1. The molecular weight excluding hydrogens is 332 g/mol. The molecule has 6 heteroatoms. The Labute approximate surface area is 131 Å². The molecule has 1 atom stereocenters. The highest BCUT2D eigenvalue weighted by molar-refractivity contribution is 9.10. The van der Waals surface area contributed by atoms with Crippen molar-refractivity contribution in [1.29, 1.82) is 0 Å². The third-order valence-corrected chi connectivity index (χ3v) is 4.68. The summed E-state index contributed by atoms with van der Waals surface area (Å²) in [5, 5.41) is 11.4. The molecule has 1 aromatic heterocycles. The Morgan fingerprint density at radius 3 is 3.00 bits per heavy atom. The number of hydrogen-bond donors (Lipinski definition) is 1. The molecule has 1 aromatic carbocycles. The number of nitrogens with one attached hydrogen (secondary N) is 1. The van der Waals surface area contributed by atoms with Crippen molar-refractivity contribution >= 4 is 21.8 Å². The van der Waals surface area contributed by atoms with E-state index in [0.717, 1.165) is 41.1 Å². The maximum absolute atomic E-state index is 12.3. The molecule has 1 aliphatic rings. The quantitative estimate of drug-likeness (QED) is 0.927. The number of nitrogens with zero attached hydrogens (tertiary/aromatic N) is 3. The van der Waals surface area contributed by atoms with E-state index in [1.54, 1.807) is 0 Å². The van der Waals surface area contributed by atoms with Crippen molar-refractivity contribution in [3.8, 4) is 0 Å². The number of fused-ring (bicyclic) bond motifs is 1. The van der Waals surface area contributed by atoms with Crippen LogP contribution in [0.3, 0.4) is 0 Å². The normalized spacial score (nSPS) is 14.8. The predicted octanol–water partition coefficient (Wildman–Crippen LogP) is 2.79. The highest BCUT2D eigenvalue weighted by Gasteiger charge is 2.22. The van der Waals surface area contributed by atoms with Gasteiger partial charge in [0.25, 0.3) is 5.91 Å². The summed E-state index contributed by atoms with van der Waals surface area (Å²) in [6.07, 6.45) is 2.07. The molecule has 2 aromatic rings. The van der Waals surface area contributed by atoms with Gasteiger partial charge in [-0.1, -0.05) is 15.9 Å². The lowest BCUT2D eigenvalue weighted by Gasteiger charge is -2.14. The Morgan fingerprint density at radius 2 is 2.24 bits per heavy atom. The van der Waals surface area contributed by atoms with Crippen LogP contribution in [-0.2, 0) is 13.0 Å². The van der Waals surface area contributed by atoms with Gasteiger partial charge in [-0.3, -0.25) is 4.79 Å². The smallest absolute Gasteiger partial charge is 0.251 e. The molecule has 0 radical (unpaired) electrons. The van der Waals surface area contributed by atoms with E-state index in [1.165, 1.54) is 0 Å². The molecule has 1 amide bonds.